The summed E-state index contributed by atoms with van der Waals surface area (Å²) in [5, 5.41) is 37.6. The van der Waals surface area contributed by atoms with Gasteiger partial charge in [0.05, 0.1) is 10.6 Å². The third-order valence-corrected chi connectivity index (χ3v) is 11.2. The van der Waals surface area contributed by atoms with Gasteiger partial charge in [-0.1, -0.05) is 36.7 Å². The predicted molar refractivity (Wildman–Crippen MR) is 157 cm³/mol. The Hall–Kier alpha value is -3.60. The first-order valence-corrected chi connectivity index (χ1v) is 15.2. The molecule has 0 unspecified atom stereocenters. The number of aliphatic carboxylic acids is 1. The van der Waals surface area contributed by atoms with Gasteiger partial charge in [-0.2, -0.15) is 0 Å². The first-order chi connectivity index (χ1) is 20.3. The van der Waals surface area contributed by atoms with Gasteiger partial charge in [-0.25, -0.2) is 4.79 Å². The summed E-state index contributed by atoms with van der Waals surface area (Å²) < 4.78 is 0. The van der Waals surface area contributed by atoms with Crippen molar-refractivity contribution in [2.45, 2.75) is 84.3 Å². The summed E-state index contributed by atoms with van der Waals surface area (Å²) in [4.78, 5) is 52.4. The Balaban J connectivity index is 1.20. The monoisotopic (exact) mass is 595 g/mol. The highest BCUT2D eigenvalue weighted by Crippen LogP contribution is 2.66. The number of Topliss-reactive ketones (excluding diaryl/α,β-unsaturated/α-hetero) is 1. The van der Waals surface area contributed by atoms with E-state index in [0.717, 1.165) is 56.7 Å². The van der Waals surface area contributed by atoms with Gasteiger partial charge in [0.1, 0.15) is 11.9 Å². The van der Waals surface area contributed by atoms with Gasteiger partial charge in [0.25, 0.3) is 11.6 Å². The molecule has 5 rings (SSSR count). The van der Waals surface area contributed by atoms with Gasteiger partial charge in [-0.3, -0.25) is 19.7 Å². The molecule has 1 amide bonds. The van der Waals surface area contributed by atoms with Crippen LogP contribution in [0.25, 0.3) is 0 Å². The van der Waals surface area contributed by atoms with E-state index in [2.05, 4.69) is 30.4 Å². The number of carboxylic acids is 1. The summed E-state index contributed by atoms with van der Waals surface area (Å²) in [5.41, 5.74) is 1.98. The number of hydrogen-bond donors (Lipinski definition) is 3. The normalized spacial score (nSPS) is 33.7. The fourth-order valence-corrected chi connectivity index (χ4v) is 8.99. The third kappa shape index (κ3) is 5.71. The number of carboxylic acid groups (broad SMARTS) is 1. The predicted octanol–water partition coefficient (Wildman–Crippen LogP) is 4.74. The van der Waals surface area contributed by atoms with Gasteiger partial charge >= 0.3 is 5.97 Å². The van der Waals surface area contributed by atoms with Crippen molar-refractivity contribution in [3.63, 3.8) is 0 Å². The Morgan fingerprint density at radius 1 is 1.14 bits per heavy atom. The maximum Gasteiger partial charge on any atom is 0.329 e. The number of aliphatic hydroxyl groups is 1. The van der Waals surface area contributed by atoms with Crippen molar-refractivity contribution in [2.24, 2.45) is 39.7 Å². The quantitative estimate of drug-likeness (QED) is 0.272. The Labute approximate surface area is 250 Å². The molecule has 8 atom stereocenters. The van der Waals surface area contributed by atoms with Gasteiger partial charge in [0.2, 0.25) is 0 Å². The lowest BCUT2D eigenvalue weighted by Crippen LogP contribution is -2.51. The number of nitro benzene ring substituents is 1. The van der Waals surface area contributed by atoms with E-state index in [1.54, 1.807) is 6.92 Å². The molecule has 0 aliphatic heterocycles. The molecular formula is C32H41N3O8. The third-order valence-electron chi connectivity index (χ3n) is 11.2. The van der Waals surface area contributed by atoms with Crippen LogP contribution in [-0.4, -0.2) is 51.2 Å². The van der Waals surface area contributed by atoms with Crippen LogP contribution < -0.4 is 5.32 Å². The highest BCUT2D eigenvalue weighted by atomic mass is 16.6. The van der Waals surface area contributed by atoms with Crippen molar-refractivity contribution < 1.29 is 34.4 Å². The molecule has 0 radical (unpaired) electrons. The van der Waals surface area contributed by atoms with Crippen molar-refractivity contribution in [1.29, 1.82) is 0 Å². The number of non-ortho nitro benzene ring substituents is 1. The van der Waals surface area contributed by atoms with Gasteiger partial charge in [-0.05, 0) is 98.5 Å². The van der Waals surface area contributed by atoms with Crippen LogP contribution in [0.1, 0.15) is 83.8 Å². The zero-order chi connectivity index (χ0) is 31.1. The summed E-state index contributed by atoms with van der Waals surface area (Å²) in [5.74, 6) is 0.0504. The largest absolute Gasteiger partial charge is 0.480 e. The van der Waals surface area contributed by atoms with Gasteiger partial charge in [0, 0.05) is 18.1 Å². The van der Waals surface area contributed by atoms with Crippen molar-refractivity contribution in [2.75, 3.05) is 6.61 Å². The Kier molecular flexibility index (Phi) is 8.48. The van der Waals surface area contributed by atoms with E-state index in [4.69, 9.17) is 4.84 Å². The molecule has 11 heteroatoms. The second-order valence-corrected chi connectivity index (χ2v) is 13.3. The molecule has 1 aromatic carbocycles. The molecule has 43 heavy (non-hydrogen) atoms. The Bertz CT molecular complexity index is 1370. The summed E-state index contributed by atoms with van der Waals surface area (Å²) in [6.45, 7) is 5.94. The number of carbonyl (C=O) groups excluding carboxylic acids is 2. The number of allylic oxidation sites excluding steroid dienone is 2. The zero-order valence-electron chi connectivity index (χ0n) is 25.0. The molecule has 0 bridgehead atoms. The molecule has 11 nitrogen and oxygen atoms in total. The second kappa shape index (κ2) is 11.8. The number of benzene rings is 1. The average molecular weight is 596 g/mol. The number of nitro groups is 1. The second-order valence-electron chi connectivity index (χ2n) is 13.3. The standard InChI is InChI=1S/C32H41N3O8/c1-18(36)24-9-10-25-23-8-7-20-16-21(11-13-31(20,2)26(23)12-14-32(24,25)3)34-43-17-27(37)33-28(30(39)40)29(38)19-5-4-6-22(15-19)35(41)42/h4-6,15-16,23-26,28-29,38H,7-14,17H2,1-3H3,(H,33,37)(H,39,40)/b34-21-/t23-,24+,25-,26-,28+,29-,31+,32-/m1/s1. The smallest absolute Gasteiger partial charge is 0.329 e. The maximum atomic E-state index is 12.5. The number of ketones is 1. The molecule has 0 spiro atoms. The van der Waals surface area contributed by atoms with E-state index >= 15 is 0 Å². The number of fused-ring (bicyclic) bond motifs is 5. The SMILES string of the molecule is CC(=O)[C@@H]1CC[C@@H]2[C@H]3CCC4=C/C(=N\OCC(=O)N[C@H](C(=O)O)[C@H](O)c5cccc([N+](=O)[O-])c5)CC[C@]4(C)[C@@H]3CC[C@@]21C. The first-order valence-electron chi connectivity index (χ1n) is 15.2. The van der Waals surface area contributed by atoms with Crippen LogP contribution in [0.15, 0.2) is 41.1 Å². The Morgan fingerprint density at radius 3 is 2.60 bits per heavy atom. The lowest BCUT2D eigenvalue weighted by Gasteiger charge is -2.58. The minimum atomic E-state index is -1.73. The van der Waals surface area contributed by atoms with Crippen molar-refractivity contribution in [3.05, 3.63) is 51.6 Å². The fraction of sp³-hybridized carbons (Fsp3) is 0.625. The first kappa shape index (κ1) is 30.8. The number of amides is 1. The number of nitrogens with one attached hydrogen (secondary N) is 1. The number of nitrogens with zero attached hydrogens (tertiary/aromatic N) is 2. The van der Waals surface area contributed by atoms with Crippen LogP contribution >= 0.6 is 0 Å². The van der Waals surface area contributed by atoms with E-state index in [0.29, 0.717) is 30.0 Å². The zero-order valence-corrected chi connectivity index (χ0v) is 25.0. The van der Waals surface area contributed by atoms with Crippen LogP contribution in [-0.2, 0) is 19.2 Å². The van der Waals surface area contributed by atoms with E-state index in [9.17, 15) is 34.7 Å². The van der Waals surface area contributed by atoms with Crippen LogP contribution in [0.3, 0.4) is 0 Å². The van der Waals surface area contributed by atoms with Crippen LogP contribution in [0.2, 0.25) is 0 Å². The molecule has 1 aromatic rings. The highest BCUT2D eigenvalue weighted by Gasteiger charge is 2.59. The molecule has 4 aliphatic carbocycles. The summed E-state index contributed by atoms with van der Waals surface area (Å²) in [6.07, 6.45) is 8.50. The van der Waals surface area contributed by atoms with E-state index in [-0.39, 0.29) is 28.0 Å². The summed E-state index contributed by atoms with van der Waals surface area (Å²) >= 11 is 0. The average Bonchev–Trinajstić information content (AvgIpc) is 3.33. The molecule has 3 N–H and O–H groups in total. The molecule has 3 saturated carbocycles. The van der Waals surface area contributed by atoms with Gasteiger partial charge < -0.3 is 20.4 Å². The highest BCUT2D eigenvalue weighted by molar-refractivity contribution is 5.96. The lowest BCUT2D eigenvalue weighted by molar-refractivity contribution is -0.385. The Morgan fingerprint density at radius 2 is 1.91 bits per heavy atom. The minimum Gasteiger partial charge on any atom is -0.480 e. The number of carbonyl (C=O) groups is 3. The summed E-state index contributed by atoms with van der Waals surface area (Å²) in [7, 11) is 0. The fourth-order valence-electron chi connectivity index (χ4n) is 8.99. The lowest BCUT2D eigenvalue weighted by atomic mass is 9.46. The molecule has 3 fully saturated rings. The van der Waals surface area contributed by atoms with E-state index in [1.165, 1.54) is 23.8 Å². The molecule has 232 valence electrons. The van der Waals surface area contributed by atoms with Crippen LogP contribution in [0, 0.1) is 44.6 Å². The van der Waals surface area contributed by atoms with Crippen molar-refractivity contribution in [1.82, 2.24) is 5.32 Å². The molecule has 0 heterocycles. The molecule has 0 saturated heterocycles. The number of hydrogen-bond acceptors (Lipinski definition) is 8. The topological polar surface area (TPSA) is 168 Å². The molecular weight excluding hydrogens is 554 g/mol. The number of rotatable bonds is 9. The number of aliphatic hydroxyl groups excluding tert-OH is 1. The van der Waals surface area contributed by atoms with Crippen molar-refractivity contribution >= 4 is 29.1 Å². The van der Waals surface area contributed by atoms with Gasteiger partial charge in [-0.15, -0.1) is 0 Å². The maximum absolute atomic E-state index is 12.5. The van der Waals surface area contributed by atoms with E-state index in [1.807, 2.05) is 0 Å². The van der Waals surface area contributed by atoms with E-state index < -0.39 is 35.6 Å². The van der Waals surface area contributed by atoms with Crippen molar-refractivity contribution in [3.8, 4) is 0 Å². The van der Waals surface area contributed by atoms with Gasteiger partial charge in [0.15, 0.2) is 12.6 Å². The van der Waals surface area contributed by atoms with Crippen LogP contribution in [0.4, 0.5) is 5.69 Å². The minimum absolute atomic E-state index is 0.0103. The summed E-state index contributed by atoms with van der Waals surface area (Å²) in [6, 6.07) is 3.23. The number of oxime groups is 1. The molecule has 0 aromatic heterocycles. The van der Waals surface area contributed by atoms with Crippen LogP contribution in [0.5, 0.6) is 0 Å². The molecule has 4 aliphatic rings.